The highest BCUT2D eigenvalue weighted by Gasteiger charge is 2.25. The Morgan fingerprint density at radius 1 is 1.00 bits per heavy atom. The lowest BCUT2D eigenvalue weighted by Gasteiger charge is -2.10. The van der Waals surface area contributed by atoms with E-state index in [1.54, 1.807) is 7.11 Å². The van der Waals surface area contributed by atoms with Gasteiger partial charge in [0, 0.05) is 29.4 Å². The zero-order chi connectivity index (χ0) is 25.8. The summed E-state index contributed by atoms with van der Waals surface area (Å²) in [6.07, 6.45) is 2.06. The average molecular weight is 513 g/mol. The Morgan fingerprint density at radius 2 is 1.76 bits per heavy atom. The summed E-state index contributed by atoms with van der Waals surface area (Å²) in [6, 6.07) is 23.1. The molecule has 0 radical (unpaired) electrons. The van der Waals surface area contributed by atoms with E-state index in [-0.39, 0.29) is 17.9 Å². The number of nitrogens with zero attached hydrogens (tertiary/aromatic N) is 1. The molecule has 8 heteroatoms. The summed E-state index contributed by atoms with van der Waals surface area (Å²) >= 11 is 1.26. The minimum atomic E-state index is -0.218. The van der Waals surface area contributed by atoms with Crippen molar-refractivity contribution in [1.29, 1.82) is 0 Å². The predicted octanol–water partition coefficient (Wildman–Crippen LogP) is 5.69. The Bertz CT molecular complexity index is 1430. The van der Waals surface area contributed by atoms with E-state index in [0.717, 1.165) is 35.2 Å². The molecule has 1 saturated carbocycles. The van der Waals surface area contributed by atoms with Crippen molar-refractivity contribution in [3.05, 3.63) is 94.4 Å². The Morgan fingerprint density at radius 3 is 2.51 bits per heavy atom. The molecule has 0 atom stereocenters. The molecule has 1 aromatic heterocycles. The molecule has 0 saturated heterocycles. The van der Waals surface area contributed by atoms with E-state index < -0.39 is 0 Å². The number of amides is 2. The Balaban J connectivity index is 1.45. The number of methoxy groups -OCH3 is 1. The second-order valence-electron chi connectivity index (χ2n) is 8.97. The van der Waals surface area contributed by atoms with Crippen LogP contribution in [0, 0.1) is 6.92 Å². The first-order valence-electron chi connectivity index (χ1n) is 12.2. The number of ether oxygens (including phenoxy) is 1. The van der Waals surface area contributed by atoms with Crippen LogP contribution in [0.5, 0.6) is 5.75 Å². The summed E-state index contributed by atoms with van der Waals surface area (Å²) in [5, 5.41) is 9.92. The third kappa shape index (κ3) is 5.81. The third-order valence-electron chi connectivity index (χ3n) is 6.15. The number of carbonyl (C=O) groups is 2. The number of nitrogens with one attached hydrogen (secondary N) is 3. The topological polar surface area (TPSA) is 92.3 Å². The molecule has 0 aliphatic heterocycles. The van der Waals surface area contributed by atoms with E-state index in [4.69, 9.17) is 9.72 Å². The second kappa shape index (κ2) is 10.8. The highest BCUT2D eigenvalue weighted by molar-refractivity contribution is 7.18. The third-order valence-corrected chi connectivity index (χ3v) is 7.11. The SMILES string of the molecule is COc1ccccc1-c1nc(Nc2cc(C(=O)NC3CC3)ccc2C)sc1C(=O)NCc1ccccc1. The Kier molecular flexibility index (Phi) is 7.18. The van der Waals surface area contributed by atoms with E-state index in [1.807, 2.05) is 79.7 Å². The molecule has 0 unspecified atom stereocenters. The van der Waals surface area contributed by atoms with Gasteiger partial charge in [-0.25, -0.2) is 4.98 Å². The molecule has 3 aromatic carbocycles. The lowest BCUT2D eigenvalue weighted by molar-refractivity contribution is 0.0944. The van der Waals surface area contributed by atoms with Gasteiger partial charge in [-0.3, -0.25) is 9.59 Å². The number of hydrogen-bond donors (Lipinski definition) is 3. The Labute approximate surface area is 219 Å². The maximum Gasteiger partial charge on any atom is 0.264 e. The summed E-state index contributed by atoms with van der Waals surface area (Å²) in [4.78, 5) is 31.2. The number of aromatic nitrogens is 1. The van der Waals surface area contributed by atoms with Crippen LogP contribution in [0.3, 0.4) is 0 Å². The van der Waals surface area contributed by atoms with E-state index in [1.165, 1.54) is 11.3 Å². The number of para-hydroxylation sites is 1. The maximum atomic E-state index is 13.3. The molecule has 4 aromatic rings. The molecule has 1 fully saturated rings. The number of rotatable bonds is 9. The number of carbonyl (C=O) groups excluding carboxylic acids is 2. The minimum absolute atomic E-state index is 0.0830. The van der Waals surface area contributed by atoms with E-state index in [2.05, 4.69) is 16.0 Å². The lowest BCUT2D eigenvalue weighted by Crippen LogP contribution is -2.25. The fourth-order valence-corrected chi connectivity index (χ4v) is 4.83. The van der Waals surface area contributed by atoms with Crippen molar-refractivity contribution in [2.45, 2.75) is 32.4 Å². The summed E-state index contributed by atoms with van der Waals surface area (Å²) in [5.41, 5.74) is 4.59. The summed E-state index contributed by atoms with van der Waals surface area (Å²) in [7, 11) is 1.60. The standard InChI is InChI=1S/C29H28N4O3S/c1-18-12-13-20(27(34)31-21-14-15-21)16-23(18)32-29-33-25(22-10-6-7-11-24(22)36-2)26(37-29)28(35)30-17-19-8-4-3-5-9-19/h3-13,16,21H,14-15,17H2,1-2H3,(H,30,35)(H,31,34)(H,32,33). The molecule has 188 valence electrons. The summed E-state index contributed by atoms with van der Waals surface area (Å²) < 4.78 is 5.56. The largest absolute Gasteiger partial charge is 0.496 e. The highest BCUT2D eigenvalue weighted by Crippen LogP contribution is 2.37. The van der Waals surface area contributed by atoms with E-state index >= 15 is 0 Å². The van der Waals surface area contributed by atoms with Gasteiger partial charge in [0.25, 0.3) is 11.8 Å². The molecule has 3 N–H and O–H groups in total. The average Bonchev–Trinajstić information content (AvgIpc) is 3.64. The highest BCUT2D eigenvalue weighted by atomic mass is 32.1. The van der Waals surface area contributed by atoms with Crippen molar-refractivity contribution in [1.82, 2.24) is 15.6 Å². The first-order chi connectivity index (χ1) is 18.0. The van der Waals surface area contributed by atoms with Crippen LogP contribution in [-0.2, 0) is 6.54 Å². The monoisotopic (exact) mass is 512 g/mol. The molecular formula is C29H28N4O3S. The van der Waals surface area contributed by atoms with Crippen molar-refractivity contribution >= 4 is 34.0 Å². The molecule has 1 aliphatic carbocycles. The number of anilines is 2. The molecule has 0 bridgehead atoms. The fraction of sp³-hybridized carbons (Fsp3) is 0.207. The van der Waals surface area contributed by atoms with Crippen molar-refractivity contribution in [2.24, 2.45) is 0 Å². The van der Waals surface area contributed by atoms with Gasteiger partial charge in [0.2, 0.25) is 0 Å². The van der Waals surface area contributed by atoms with Crippen LogP contribution in [0.15, 0.2) is 72.8 Å². The number of aryl methyl sites for hydroxylation is 1. The first-order valence-corrected chi connectivity index (χ1v) is 13.0. The first kappa shape index (κ1) is 24.5. The van der Waals surface area contributed by atoms with Gasteiger partial charge in [-0.05, 0) is 55.2 Å². The van der Waals surface area contributed by atoms with Gasteiger partial charge in [-0.1, -0.05) is 59.9 Å². The van der Waals surface area contributed by atoms with Gasteiger partial charge >= 0.3 is 0 Å². The fourth-order valence-electron chi connectivity index (χ4n) is 3.92. The smallest absolute Gasteiger partial charge is 0.264 e. The molecular weight excluding hydrogens is 484 g/mol. The maximum absolute atomic E-state index is 13.3. The summed E-state index contributed by atoms with van der Waals surface area (Å²) in [5.74, 6) is 0.330. The molecule has 5 rings (SSSR count). The number of benzene rings is 3. The van der Waals surface area contributed by atoms with Crippen molar-refractivity contribution in [2.75, 3.05) is 12.4 Å². The number of thiazole rings is 1. The normalized spacial score (nSPS) is 12.6. The van der Waals surface area contributed by atoms with Crippen LogP contribution < -0.4 is 20.7 Å². The van der Waals surface area contributed by atoms with Crippen molar-refractivity contribution in [3.8, 4) is 17.0 Å². The van der Waals surface area contributed by atoms with E-state index in [0.29, 0.717) is 33.6 Å². The quantitative estimate of drug-likeness (QED) is 0.268. The zero-order valence-electron chi connectivity index (χ0n) is 20.7. The minimum Gasteiger partial charge on any atom is -0.496 e. The Hall–Kier alpha value is -4.17. The van der Waals surface area contributed by atoms with Gasteiger partial charge < -0.3 is 20.7 Å². The molecule has 1 aliphatic rings. The van der Waals surface area contributed by atoms with Crippen LogP contribution in [0.2, 0.25) is 0 Å². The zero-order valence-corrected chi connectivity index (χ0v) is 21.5. The van der Waals surface area contributed by atoms with Crippen LogP contribution in [0.4, 0.5) is 10.8 Å². The van der Waals surface area contributed by atoms with Crippen LogP contribution >= 0.6 is 11.3 Å². The molecule has 37 heavy (non-hydrogen) atoms. The molecule has 0 spiro atoms. The molecule has 1 heterocycles. The van der Waals surface area contributed by atoms with Gasteiger partial charge in [-0.2, -0.15) is 0 Å². The number of hydrogen-bond acceptors (Lipinski definition) is 6. The van der Waals surface area contributed by atoms with Gasteiger partial charge in [0.15, 0.2) is 5.13 Å². The van der Waals surface area contributed by atoms with Gasteiger partial charge in [-0.15, -0.1) is 0 Å². The predicted molar refractivity (Wildman–Crippen MR) is 147 cm³/mol. The van der Waals surface area contributed by atoms with Crippen LogP contribution in [0.1, 0.15) is 44.0 Å². The van der Waals surface area contributed by atoms with Gasteiger partial charge in [0.05, 0.1) is 7.11 Å². The van der Waals surface area contributed by atoms with Gasteiger partial charge in [0.1, 0.15) is 16.3 Å². The van der Waals surface area contributed by atoms with Crippen LogP contribution in [0.25, 0.3) is 11.3 Å². The second-order valence-corrected chi connectivity index (χ2v) is 9.97. The van der Waals surface area contributed by atoms with Crippen LogP contribution in [-0.4, -0.2) is 29.9 Å². The van der Waals surface area contributed by atoms with Crippen molar-refractivity contribution < 1.29 is 14.3 Å². The molecule has 7 nitrogen and oxygen atoms in total. The lowest BCUT2D eigenvalue weighted by atomic mass is 10.1. The molecule has 2 amide bonds. The van der Waals surface area contributed by atoms with Crippen molar-refractivity contribution in [3.63, 3.8) is 0 Å². The van der Waals surface area contributed by atoms with E-state index in [9.17, 15) is 9.59 Å². The summed E-state index contributed by atoms with van der Waals surface area (Å²) in [6.45, 7) is 2.37.